The van der Waals surface area contributed by atoms with E-state index >= 15 is 0 Å². The van der Waals surface area contributed by atoms with Crippen molar-refractivity contribution in [2.24, 2.45) is 5.92 Å². The summed E-state index contributed by atoms with van der Waals surface area (Å²) < 4.78 is 15.1. The molecule has 3 aromatic rings. The second-order valence-corrected chi connectivity index (χ2v) is 11.6. The SMILES string of the molecule is COCCNC(=O)c1ccc(SN(C)c2ccc3c(c2)nc(C(C)(C)C)n3CC2CCOCC2)cc1. The van der Waals surface area contributed by atoms with Gasteiger partial charge in [-0.1, -0.05) is 20.8 Å². The zero-order chi connectivity index (χ0) is 25.7. The van der Waals surface area contributed by atoms with Gasteiger partial charge >= 0.3 is 0 Å². The lowest BCUT2D eigenvalue weighted by Gasteiger charge is -2.26. The molecule has 0 radical (unpaired) electrons. The van der Waals surface area contributed by atoms with E-state index < -0.39 is 0 Å². The Morgan fingerprint density at radius 2 is 1.92 bits per heavy atom. The Balaban J connectivity index is 1.50. The predicted molar refractivity (Wildman–Crippen MR) is 147 cm³/mol. The third-order valence-electron chi connectivity index (χ3n) is 6.50. The fraction of sp³-hybridized carbons (Fsp3) is 0.500. The third kappa shape index (κ3) is 6.41. The number of anilines is 1. The van der Waals surface area contributed by atoms with Crippen LogP contribution in [0.4, 0.5) is 5.69 Å². The Hall–Kier alpha value is -2.55. The molecule has 8 heteroatoms. The molecule has 1 N–H and O–H groups in total. The molecule has 0 atom stereocenters. The van der Waals surface area contributed by atoms with Gasteiger partial charge in [0.05, 0.1) is 17.6 Å². The number of amides is 1. The molecular weight excluding hydrogens is 472 g/mol. The number of hydrogen-bond acceptors (Lipinski definition) is 6. The molecule has 1 fully saturated rings. The van der Waals surface area contributed by atoms with Crippen molar-refractivity contribution in [3.8, 4) is 0 Å². The van der Waals surface area contributed by atoms with E-state index in [9.17, 15) is 4.79 Å². The first-order valence-corrected chi connectivity index (χ1v) is 13.4. The number of methoxy groups -OCH3 is 1. The zero-order valence-electron chi connectivity index (χ0n) is 22.0. The summed E-state index contributed by atoms with van der Waals surface area (Å²) in [6.45, 7) is 10.4. The number of ether oxygens (including phenoxy) is 2. The molecule has 0 unspecified atom stereocenters. The molecule has 36 heavy (non-hydrogen) atoms. The van der Waals surface area contributed by atoms with Crippen molar-refractivity contribution in [2.75, 3.05) is 44.8 Å². The predicted octanol–water partition coefficient (Wildman–Crippen LogP) is 5.28. The Bertz CT molecular complexity index is 1160. The van der Waals surface area contributed by atoms with Gasteiger partial charge in [0.15, 0.2) is 0 Å². The van der Waals surface area contributed by atoms with E-state index in [-0.39, 0.29) is 11.3 Å². The number of benzene rings is 2. The lowest BCUT2D eigenvalue weighted by Crippen LogP contribution is -2.26. The number of nitrogens with zero attached hydrogens (tertiary/aromatic N) is 3. The topological polar surface area (TPSA) is 68.6 Å². The smallest absolute Gasteiger partial charge is 0.251 e. The molecule has 7 nitrogen and oxygen atoms in total. The molecule has 4 rings (SSSR count). The first-order chi connectivity index (χ1) is 17.3. The summed E-state index contributed by atoms with van der Waals surface area (Å²) in [7, 11) is 3.68. The van der Waals surface area contributed by atoms with Gasteiger partial charge in [-0.15, -0.1) is 0 Å². The molecule has 194 valence electrons. The highest BCUT2D eigenvalue weighted by atomic mass is 32.2. The third-order valence-corrected chi connectivity index (χ3v) is 7.47. The quantitative estimate of drug-likeness (QED) is 0.312. The second kappa shape index (κ2) is 11.7. The maximum absolute atomic E-state index is 12.2. The average molecular weight is 511 g/mol. The van der Waals surface area contributed by atoms with Crippen LogP contribution in [0, 0.1) is 5.92 Å². The van der Waals surface area contributed by atoms with Gasteiger partial charge in [0.25, 0.3) is 5.91 Å². The largest absolute Gasteiger partial charge is 0.383 e. The summed E-state index contributed by atoms with van der Waals surface area (Å²) in [5, 5.41) is 2.85. The van der Waals surface area contributed by atoms with E-state index in [1.165, 1.54) is 5.52 Å². The normalized spacial score (nSPS) is 14.8. The van der Waals surface area contributed by atoms with Crippen molar-refractivity contribution in [3.05, 3.63) is 53.9 Å². The highest BCUT2D eigenvalue weighted by molar-refractivity contribution is 8.00. The van der Waals surface area contributed by atoms with Gasteiger partial charge in [-0.05, 0) is 73.2 Å². The van der Waals surface area contributed by atoms with Gasteiger partial charge in [-0.3, -0.25) is 4.79 Å². The number of aromatic nitrogens is 2. The summed E-state index contributed by atoms with van der Waals surface area (Å²) in [5.41, 5.74) is 3.91. The fourth-order valence-corrected chi connectivity index (χ4v) is 5.30. The highest BCUT2D eigenvalue weighted by Gasteiger charge is 2.25. The monoisotopic (exact) mass is 510 g/mol. The first-order valence-electron chi connectivity index (χ1n) is 12.6. The van der Waals surface area contributed by atoms with Gasteiger partial charge in [0.1, 0.15) is 5.82 Å². The van der Waals surface area contributed by atoms with Gasteiger partial charge in [0, 0.05) is 62.0 Å². The Morgan fingerprint density at radius 3 is 2.58 bits per heavy atom. The molecule has 0 saturated carbocycles. The van der Waals surface area contributed by atoms with Gasteiger partial charge in [-0.2, -0.15) is 0 Å². The van der Waals surface area contributed by atoms with E-state index in [1.807, 2.05) is 24.3 Å². The van der Waals surface area contributed by atoms with Gasteiger partial charge < -0.3 is 23.7 Å². The molecule has 1 saturated heterocycles. The minimum absolute atomic E-state index is 0.0391. The van der Waals surface area contributed by atoms with Crippen LogP contribution in [0.1, 0.15) is 49.8 Å². The second-order valence-electron chi connectivity index (χ2n) is 10.4. The molecular formula is C28H38N4O3S. The minimum atomic E-state index is -0.0894. The molecule has 0 bridgehead atoms. The summed E-state index contributed by atoms with van der Waals surface area (Å²) in [6, 6.07) is 14.2. The Kier molecular flexibility index (Phi) is 8.59. The van der Waals surface area contributed by atoms with Crippen LogP contribution < -0.4 is 9.62 Å². The summed E-state index contributed by atoms with van der Waals surface area (Å²) in [6.07, 6.45) is 2.21. The number of imidazole rings is 1. The summed E-state index contributed by atoms with van der Waals surface area (Å²) in [4.78, 5) is 18.4. The molecule has 2 heterocycles. The average Bonchev–Trinajstić information content (AvgIpc) is 3.23. The fourth-order valence-electron chi connectivity index (χ4n) is 4.51. The van der Waals surface area contributed by atoms with E-state index in [0.29, 0.717) is 24.6 Å². The number of hydrogen-bond donors (Lipinski definition) is 1. The van der Waals surface area contributed by atoms with Crippen molar-refractivity contribution in [1.29, 1.82) is 0 Å². The number of carbonyl (C=O) groups excluding carboxylic acids is 1. The minimum Gasteiger partial charge on any atom is -0.383 e. The molecule has 1 aliphatic rings. The molecule has 1 aliphatic heterocycles. The Labute approximate surface area is 218 Å². The van der Waals surface area contributed by atoms with Crippen molar-refractivity contribution in [3.63, 3.8) is 0 Å². The van der Waals surface area contributed by atoms with Crippen LogP contribution >= 0.6 is 11.9 Å². The lowest BCUT2D eigenvalue weighted by molar-refractivity contribution is 0.0611. The molecule has 1 aromatic heterocycles. The zero-order valence-corrected chi connectivity index (χ0v) is 22.9. The maximum atomic E-state index is 12.2. The van der Waals surface area contributed by atoms with E-state index in [0.717, 1.165) is 54.5 Å². The standard InChI is InChI=1S/C28H38N4O3S/c1-28(2,3)27-30-24-18-22(8-11-25(24)32(27)19-20-12-15-35-16-13-20)31(4)36-23-9-6-21(7-10-23)26(33)29-14-17-34-5/h6-11,18,20H,12-17,19H2,1-5H3,(H,29,33). The Morgan fingerprint density at radius 1 is 1.19 bits per heavy atom. The maximum Gasteiger partial charge on any atom is 0.251 e. The number of carbonyl (C=O) groups is 1. The lowest BCUT2D eigenvalue weighted by atomic mass is 9.94. The van der Waals surface area contributed by atoms with Crippen LogP contribution in [0.5, 0.6) is 0 Å². The van der Waals surface area contributed by atoms with Crippen molar-refractivity contribution < 1.29 is 14.3 Å². The molecule has 2 aromatic carbocycles. The van der Waals surface area contributed by atoms with E-state index in [2.05, 4.69) is 60.2 Å². The van der Waals surface area contributed by atoms with Crippen LogP contribution in [0.25, 0.3) is 11.0 Å². The van der Waals surface area contributed by atoms with Gasteiger partial charge in [-0.25, -0.2) is 4.98 Å². The first kappa shape index (κ1) is 26.5. The van der Waals surface area contributed by atoms with E-state index in [4.69, 9.17) is 14.5 Å². The van der Waals surface area contributed by atoms with Crippen LogP contribution in [0.3, 0.4) is 0 Å². The summed E-state index contributed by atoms with van der Waals surface area (Å²) in [5.74, 6) is 1.67. The van der Waals surface area contributed by atoms with Crippen molar-refractivity contribution >= 4 is 34.6 Å². The number of rotatable bonds is 9. The molecule has 0 spiro atoms. The molecule has 1 amide bonds. The van der Waals surface area contributed by atoms with E-state index in [1.54, 1.807) is 19.1 Å². The van der Waals surface area contributed by atoms with Crippen molar-refractivity contribution in [1.82, 2.24) is 14.9 Å². The summed E-state index contributed by atoms with van der Waals surface area (Å²) >= 11 is 1.63. The van der Waals surface area contributed by atoms with Crippen LogP contribution in [0.15, 0.2) is 47.4 Å². The highest BCUT2D eigenvalue weighted by Crippen LogP contribution is 2.33. The van der Waals surface area contributed by atoms with Crippen LogP contribution in [-0.4, -0.2) is 56.0 Å². The van der Waals surface area contributed by atoms with Crippen LogP contribution in [0.2, 0.25) is 0 Å². The number of fused-ring (bicyclic) bond motifs is 1. The van der Waals surface area contributed by atoms with Crippen molar-refractivity contribution in [2.45, 2.75) is 50.5 Å². The van der Waals surface area contributed by atoms with Gasteiger partial charge in [0.2, 0.25) is 0 Å². The number of nitrogens with one attached hydrogen (secondary N) is 1. The molecule has 0 aliphatic carbocycles. The van der Waals surface area contributed by atoms with Crippen LogP contribution in [-0.2, 0) is 21.4 Å².